The predicted molar refractivity (Wildman–Crippen MR) is 82.1 cm³/mol. The quantitative estimate of drug-likeness (QED) is 0.793. The Morgan fingerprint density at radius 3 is 2.76 bits per heavy atom. The number of halogens is 1. The zero-order chi connectivity index (χ0) is 15.2. The van der Waals surface area contributed by atoms with Crippen LogP contribution in [-0.4, -0.2) is 17.7 Å². The first kappa shape index (κ1) is 15.5. The van der Waals surface area contributed by atoms with Gasteiger partial charge in [-0.3, -0.25) is 0 Å². The van der Waals surface area contributed by atoms with Gasteiger partial charge in [-0.2, -0.15) is 0 Å². The third kappa shape index (κ3) is 4.54. The highest BCUT2D eigenvalue weighted by Crippen LogP contribution is 2.22. The number of para-hydroxylation sites is 1. The topological polar surface area (TPSA) is 61.4 Å². The number of benzene rings is 1. The van der Waals surface area contributed by atoms with Crippen molar-refractivity contribution in [2.24, 2.45) is 0 Å². The SMILES string of the molecule is C[C@H](O)c1ccc(CCNC(=O)Nc2ccccc2F)s1. The van der Waals surface area contributed by atoms with Gasteiger partial charge in [0.15, 0.2) is 0 Å². The van der Waals surface area contributed by atoms with Gasteiger partial charge in [0.2, 0.25) is 0 Å². The number of amides is 2. The Labute approximate surface area is 126 Å². The molecule has 0 aliphatic carbocycles. The molecule has 0 radical (unpaired) electrons. The Balaban J connectivity index is 1.78. The van der Waals surface area contributed by atoms with Gasteiger partial charge in [0, 0.05) is 16.3 Å². The van der Waals surface area contributed by atoms with Gasteiger partial charge in [-0.15, -0.1) is 11.3 Å². The Morgan fingerprint density at radius 1 is 1.33 bits per heavy atom. The smallest absolute Gasteiger partial charge is 0.319 e. The van der Waals surface area contributed by atoms with Crippen LogP contribution in [0.15, 0.2) is 36.4 Å². The maximum Gasteiger partial charge on any atom is 0.319 e. The third-order valence-corrected chi connectivity index (χ3v) is 4.19. The summed E-state index contributed by atoms with van der Waals surface area (Å²) in [6.07, 6.45) is 0.197. The summed E-state index contributed by atoms with van der Waals surface area (Å²) in [4.78, 5) is 13.6. The maximum atomic E-state index is 13.4. The summed E-state index contributed by atoms with van der Waals surface area (Å²) in [7, 11) is 0. The third-order valence-electron chi connectivity index (χ3n) is 2.87. The molecule has 1 heterocycles. The van der Waals surface area contributed by atoms with Crippen LogP contribution in [0.2, 0.25) is 0 Å². The van der Waals surface area contributed by atoms with Gasteiger partial charge >= 0.3 is 6.03 Å². The fourth-order valence-corrected chi connectivity index (χ4v) is 2.73. The van der Waals surface area contributed by atoms with E-state index in [9.17, 15) is 14.3 Å². The van der Waals surface area contributed by atoms with Gasteiger partial charge in [0.25, 0.3) is 0 Å². The number of nitrogens with one attached hydrogen (secondary N) is 2. The average Bonchev–Trinajstić information content (AvgIpc) is 2.90. The number of hydrogen-bond acceptors (Lipinski definition) is 3. The lowest BCUT2D eigenvalue weighted by Crippen LogP contribution is -2.30. The molecule has 0 spiro atoms. The molecule has 2 amide bonds. The van der Waals surface area contributed by atoms with E-state index in [4.69, 9.17) is 0 Å². The summed E-state index contributed by atoms with van der Waals surface area (Å²) in [5.74, 6) is -0.465. The molecule has 0 fully saturated rings. The lowest BCUT2D eigenvalue weighted by atomic mass is 10.3. The molecule has 4 nitrogen and oxygen atoms in total. The van der Waals surface area contributed by atoms with Crippen LogP contribution in [0.3, 0.4) is 0 Å². The normalized spacial score (nSPS) is 12.0. The minimum Gasteiger partial charge on any atom is -0.388 e. The number of carbonyl (C=O) groups excluding carboxylic acids is 1. The minimum absolute atomic E-state index is 0.155. The standard InChI is InChI=1S/C15H17FN2O2S/c1-10(19)14-7-6-11(21-14)8-9-17-15(20)18-13-5-3-2-4-12(13)16/h2-7,10,19H,8-9H2,1H3,(H2,17,18,20)/t10-/m0/s1. The Kier molecular flexibility index (Phi) is 5.30. The molecule has 21 heavy (non-hydrogen) atoms. The van der Waals surface area contributed by atoms with Crippen molar-refractivity contribution in [1.82, 2.24) is 5.32 Å². The molecule has 1 aromatic heterocycles. The molecule has 1 atom stereocenters. The Morgan fingerprint density at radius 2 is 2.10 bits per heavy atom. The van der Waals surface area contributed by atoms with Crippen molar-refractivity contribution >= 4 is 23.1 Å². The maximum absolute atomic E-state index is 13.4. The van der Waals surface area contributed by atoms with E-state index in [1.165, 1.54) is 23.5 Å². The summed E-state index contributed by atoms with van der Waals surface area (Å²) in [6, 6.07) is 9.39. The van der Waals surface area contributed by atoms with Crippen LogP contribution in [-0.2, 0) is 6.42 Å². The number of urea groups is 1. The monoisotopic (exact) mass is 308 g/mol. The lowest BCUT2D eigenvalue weighted by Gasteiger charge is -2.07. The molecule has 2 aromatic rings. The van der Waals surface area contributed by atoms with Gasteiger partial charge in [-0.1, -0.05) is 12.1 Å². The van der Waals surface area contributed by atoms with Crippen molar-refractivity contribution in [3.8, 4) is 0 Å². The van der Waals surface area contributed by atoms with Crippen molar-refractivity contribution in [1.29, 1.82) is 0 Å². The van der Waals surface area contributed by atoms with Crippen LogP contribution >= 0.6 is 11.3 Å². The summed E-state index contributed by atoms with van der Waals surface area (Å²) in [5.41, 5.74) is 0.155. The molecule has 0 unspecified atom stereocenters. The van der Waals surface area contributed by atoms with E-state index < -0.39 is 18.0 Å². The molecule has 6 heteroatoms. The lowest BCUT2D eigenvalue weighted by molar-refractivity contribution is 0.203. The predicted octanol–water partition coefficient (Wildman–Crippen LogP) is 3.30. The van der Waals surface area contributed by atoms with Crippen molar-refractivity contribution in [3.05, 3.63) is 52.0 Å². The van der Waals surface area contributed by atoms with Gasteiger partial charge < -0.3 is 15.7 Å². The van der Waals surface area contributed by atoms with E-state index in [1.54, 1.807) is 19.1 Å². The van der Waals surface area contributed by atoms with Crippen molar-refractivity contribution < 1.29 is 14.3 Å². The number of thiophene rings is 1. The van der Waals surface area contributed by atoms with E-state index in [0.29, 0.717) is 13.0 Å². The number of aliphatic hydroxyl groups excluding tert-OH is 1. The van der Waals surface area contributed by atoms with Crippen LogP contribution in [0.5, 0.6) is 0 Å². The van der Waals surface area contributed by atoms with E-state index in [2.05, 4.69) is 10.6 Å². The van der Waals surface area contributed by atoms with E-state index in [1.807, 2.05) is 12.1 Å². The number of anilines is 1. The van der Waals surface area contributed by atoms with E-state index in [0.717, 1.165) is 9.75 Å². The molecule has 0 saturated heterocycles. The van der Waals surface area contributed by atoms with Crippen LogP contribution in [0.1, 0.15) is 22.8 Å². The Hall–Kier alpha value is -1.92. The molecule has 112 valence electrons. The van der Waals surface area contributed by atoms with Crippen LogP contribution < -0.4 is 10.6 Å². The van der Waals surface area contributed by atoms with Gasteiger partial charge in [0.05, 0.1) is 11.8 Å². The molecule has 0 bridgehead atoms. The highest BCUT2D eigenvalue weighted by Gasteiger charge is 2.07. The molecule has 3 N–H and O–H groups in total. The Bertz CT molecular complexity index is 613. The van der Waals surface area contributed by atoms with Gasteiger partial charge in [0.1, 0.15) is 5.82 Å². The zero-order valence-corrected chi connectivity index (χ0v) is 12.4. The summed E-state index contributed by atoms with van der Waals surface area (Å²) in [5, 5.41) is 14.6. The fraction of sp³-hybridized carbons (Fsp3) is 0.267. The van der Waals surface area contributed by atoms with Gasteiger partial charge in [-0.05, 0) is 37.6 Å². The number of carbonyl (C=O) groups is 1. The first-order chi connectivity index (χ1) is 10.1. The molecule has 0 saturated carbocycles. The van der Waals surface area contributed by atoms with Gasteiger partial charge in [-0.25, -0.2) is 9.18 Å². The van der Waals surface area contributed by atoms with Crippen molar-refractivity contribution in [2.75, 3.05) is 11.9 Å². The zero-order valence-electron chi connectivity index (χ0n) is 11.6. The fourth-order valence-electron chi connectivity index (χ4n) is 1.78. The molecular formula is C15H17FN2O2S. The highest BCUT2D eigenvalue weighted by atomic mass is 32.1. The number of aliphatic hydroxyl groups is 1. The first-order valence-electron chi connectivity index (χ1n) is 6.62. The minimum atomic E-state index is -0.471. The number of rotatable bonds is 5. The molecule has 0 aliphatic heterocycles. The second-order valence-electron chi connectivity index (χ2n) is 4.59. The highest BCUT2D eigenvalue weighted by molar-refractivity contribution is 7.12. The molecule has 0 aliphatic rings. The average molecular weight is 308 g/mol. The van der Waals surface area contributed by atoms with Crippen LogP contribution in [0, 0.1) is 5.82 Å². The molecule has 2 rings (SSSR count). The van der Waals surface area contributed by atoms with Crippen LogP contribution in [0.25, 0.3) is 0 Å². The van der Waals surface area contributed by atoms with E-state index in [-0.39, 0.29) is 5.69 Å². The summed E-state index contributed by atoms with van der Waals surface area (Å²) in [6.45, 7) is 2.16. The van der Waals surface area contributed by atoms with Crippen molar-refractivity contribution in [3.63, 3.8) is 0 Å². The van der Waals surface area contributed by atoms with Crippen molar-refractivity contribution in [2.45, 2.75) is 19.4 Å². The number of hydrogen-bond donors (Lipinski definition) is 3. The van der Waals surface area contributed by atoms with Crippen LogP contribution in [0.4, 0.5) is 14.9 Å². The second-order valence-corrected chi connectivity index (χ2v) is 5.79. The molecule has 1 aromatic carbocycles. The molecular weight excluding hydrogens is 291 g/mol. The van der Waals surface area contributed by atoms with E-state index >= 15 is 0 Å². The first-order valence-corrected chi connectivity index (χ1v) is 7.44. The second kappa shape index (κ2) is 7.19. The summed E-state index contributed by atoms with van der Waals surface area (Å²) < 4.78 is 13.4. The largest absolute Gasteiger partial charge is 0.388 e. The summed E-state index contributed by atoms with van der Waals surface area (Å²) >= 11 is 1.52.